The molecule has 2 unspecified atom stereocenters. The summed E-state index contributed by atoms with van der Waals surface area (Å²) in [6.07, 6.45) is 41.5. The molecule has 0 saturated carbocycles. The van der Waals surface area contributed by atoms with Crippen molar-refractivity contribution in [3.63, 3.8) is 0 Å². The predicted octanol–water partition coefficient (Wildman–Crippen LogP) is 11.2. The number of ether oxygens (including phenoxy) is 3. The van der Waals surface area contributed by atoms with Gasteiger partial charge in [-0.1, -0.05) is 127 Å². The number of carbonyl (C=O) groups excluding carboxylic acids is 2. The first-order valence-corrected chi connectivity index (χ1v) is 21.2. The fourth-order valence-electron chi connectivity index (χ4n) is 5.92. The topological polar surface area (TPSA) is 99.1 Å². The van der Waals surface area contributed by atoms with Crippen LogP contribution in [0.4, 0.5) is 0 Å². The maximum absolute atomic E-state index is 12.7. The number of likely N-dealkylation sites (N-methyl/N-ethyl adjacent to an activating group) is 1. The highest BCUT2D eigenvalue weighted by atomic mass is 16.6. The zero-order chi connectivity index (χ0) is 39.3. The van der Waals surface area contributed by atoms with Gasteiger partial charge in [0.1, 0.15) is 6.61 Å². The molecule has 8 heteroatoms. The smallest absolute Gasteiger partial charge is 0.362 e. The van der Waals surface area contributed by atoms with Gasteiger partial charge in [0.2, 0.25) is 0 Å². The number of carboxylic acid groups (broad SMARTS) is 1. The number of quaternary nitrogens is 1. The van der Waals surface area contributed by atoms with E-state index in [2.05, 4.69) is 62.5 Å². The standard InChI is InChI=1S/C45H79NO7/c1-6-8-10-12-14-16-18-20-21-22-24-26-28-30-32-34-36-44(48)53-41(39-51-38-37-42(45(49)50)46(3,4)5)40-52-43(47)35-33-31-29-27-25-23-19-17-15-13-11-9-7-2/h8,10,14,16,20-21,23,25,41-42H,6-7,9,11-13,15,17-19,22,24,26-40H2,1-5H3/p+1/b10-8+,16-14+,21-20+,25-23+. The van der Waals surface area contributed by atoms with Gasteiger partial charge in [-0.05, 0) is 70.6 Å². The molecule has 0 aromatic heterocycles. The van der Waals surface area contributed by atoms with Crippen molar-refractivity contribution < 1.29 is 38.2 Å². The Hall–Kier alpha value is -2.71. The Bertz CT molecular complexity index is 1010. The predicted molar refractivity (Wildman–Crippen MR) is 220 cm³/mol. The summed E-state index contributed by atoms with van der Waals surface area (Å²) < 4.78 is 17.2. The SMILES string of the molecule is CC/C=C/C/C=C/C/C=C/CCCCCCCCC(=O)OC(COCCC(C(=O)O)[N+](C)(C)C)COC(=O)CCCCC/C=C/CCCCCCCC. The summed E-state index contributed by atoms with van der Waals surface area (Å²) in [5.74, 6) is -1.51. The lowest BCUT2D eigenvalue weighted by atomic mass is 10.1. The van der Waals surface area contributed by atoms with Gasteiger partial charge in [0.05, 0.1) is 34.4 Å². The Morgan fingerprint density at radius 1 is 0.585 bits per heavy atom. The molecule has 0 fully saturated rings. The number of allylic oxidation sites excluding steroid dienone is 8. The highest BCUT2D eigenvalue weighted by Gasteiger charge is 2.31. The van der Waals surface area contributed by atoms with Crippen LogP contribution in [0.1, 0.15) is 168 Å². The summed E-state index contributed by atoms with van der Waals surface area (Å²) in [5, 5.41) is 9.60. The molecule has 0 aromatic carbocycles. The highest BCUT2D eigenvalue weighted by Crippen LogP contribution is 2.13. The molecule has 0 bridgehead atoms. The van der Waals surface area contributed by atoms with Crippen LogP contribution >= 0.6 is 0 Å². The molecule has 0 aromatic rings. The molecule has 0 saturated heterocycles. The van der Waals surface area contributed by atoms with Crippen molar-refractivity contribution in [3.8, 4) is 0 Å². The van der Waals surface area contributed by atoms with Gasteiger partial charge in [-0.15, -0.1) is 0 Å². The van der Waals surface area contributed by atoms with Crippen LogP contribution in [0.3, 0.4) is 0 Å². The zero-order valence-corrected chi connectivity index (χ0v) is 34.7. The van der Waals surface area contributed by atoms with Crippen LogP contribution in [-0.2, 0) is 28.6 Å². The molecule has 306 valence electrons. The summed E-state index contributed by atoms with van der Waals surface area (Å²) in [5.41, 5.74) is 0. The van der Waals surface area contributed by atoms with Crippen molar-refractivity contribution >= 4 is 17.9 Å². The summed E-state index contributed by atoms with van der Waals surface area (Å²) in [6, 6.07) is -0.619. The zero-order valence-electron chi connectivity index (χ0n) is 34.7. The second-order valence-corrected chi connectivity index (χ2v) is 15.2. The first-order valence-electron chi connectivity index (χ1n) is 21.2. The third-order valence-corrected chi connectivity index (χ3v) is 9.21. The Morgan fingerprint density at radius 2 is 1.06 bits per heavy atom. The maximum Gasteiger partial charge on any atom is 0.362 e. The van der Waals surface area contributed by atoms with E-state index in [1.807, 2.05) is 21.1 Å². The maximum atomic E-state index is 12.7. The van der Waals surface area contributed by atoms with Gasteiger partial charge in [0, 0.05) is 19.3 Å². The number of hydrogen-bond donors (Lipinski definition) is 1. The van der Waals surface area contributed by atoms with Gasteiger partial charge >= 0.3 is 17.9 Å². The Morgan fingerprint density at radius 3 is 1.60 bits per heavy atom. The van der Waals surface area contributed by atoms with Gasteiger partial charge in [0.25, 0.3) is 0 Å². The van der Waals surface area contributed by atoms with Crippen LogP contribution in [0.5, 0.6) is 0 Å². The summed E-state index contributed by atoms with van der Waals surface area (Å²) >= 11 is 0. The van der Waals surface area contributed by atoms with Crippen molar-refractivity contribution in [2.75, 3.05) is 41.0 Å². The second kappa shape index (κ2) is 36.3. The van der Waals surface area contributed by atoms with Crippen molar-refractivity contribution in [2.24, 2.45) is 0 Å². The number of aliphatic carboxylic acids is 1. The van der Waals surface area contributed by atoms with Gasteiger partial charge in [-0.25, -0.2) is 4.79 Å². The van der Waals surface area contributed by atoms with E-state index in [0.29, 0.717) is 19.3 Å². The Balaban J connectivity index is 4.42. The molecule has 0 heterocycles. The van der Waals surface area contributed by atoms with Crippen molar-refractivity contribution in [3.05, 3.63) is 48.6 Å². The monoisotopic (exact) mass is 747 g/mol. The van der Waals surface area contributed by atoms with Crippen LogP contribution in [-0.4, -0.2) is 80.6 Å². The van der Waals surface area contributed by atoms with E-state index in [9.17, 15) is 19.5 Å². The molecule has 0 aliphatic rings. The molecular formula is C45H80NO7+. The van der Waals surface area contributed by atoms with E-state index in [1.54, 1.807) is 0 Å². The summed E-state index contributed by atoms with van der Waals surface area (Å²) in [4.78, 5) is 36.9. The number of nitrogens with zero attached hydrogens (tertiary/aromatic N) is 1. The number of carbonyl (C=O) groups is 3. The highest BCUT2D eigenvalue weighted by molar-refractivity contribution is 5.72. The summed E-state index contributed by atoms with van der Waals surface area (Å²) in [7, 11) is 5.51. The number of esters is 2. The fraction of sp³-hybridized carbons (Fsp3) is 0.756. The van der Waals surface area contributed by atoms with Gasteiger partial charge in [0.15, 0.2) is 12.1 Å². The molecule has 0 aliphatic heterocycles. The van der Waals surface area contributed by atoms with E-state index in [-0.39, 0.29) is 36.2 Å². The van der Waals surface area contributed by atoms with Crippen molar-refractivity contribution in [1.82, 2.24) is 0 Å². The molecule has 0 spiro atoms. The molecule has 0 amide bonds. The van der Waals surface area contributed by atoms with E-state index in [0.717, 1.165) is 83.5 Å². The third-order valence-electron chi connectivity index (χ3n) is 9.21. The molecule has 1 N–H and O–H groups in total. The minimum atomic E-state index is -0.881. The molecular weight excluding hydrogens is 666 g/mol. The second-order valence-electron chi connectivity index (χ2n) is 15.2. The molecule has 0 rings (SSSR count). The molecule has 53 heavy (non-hydrogen) atoms. The lowest BCUT2D eigenvalue weighted by molar-refractivity contribution is -0.887. The average Bonchev–Trinajstić information content (AvgIpc) is 3.11. The van der Waals surface area contributed by atoms with Crippen LogP contribution in [0.25, 0.3) is 0 Å². The minimum Gasteiger partial charge on any atom is -0.477 e. The van der Waals surface area contributed by atoms with Crippen LogP contribution in [0.2, 0.25) is 0 Å². The molecule has 0 aliphatic carbocycles. The lowest BCUT2D eigenvalue weighted by Crippen LogP contribution is -2.50. The normalized spacial score (nSPS) is 13.5. The largest absolute Gasteiger partial charge is 0.477 e. The third kappa shape index (κ3) is 34.8. The van der Waals surface area contributed by atoms with Crippen LogP contribution in [0, 0.1) is 0 Å². The van der Waals surface area contributed by atoms with Gasteiger partial charge < -0.3 is 23.8 Å². The Labute approximate surface area is 325 Å². The van der Waals surface area contributed by atoms with Crippen LogP contribution < -0.4 is 0 Å². The average molecular weight is 747 g/mol. The first-order chi connectivity index (χ1) is 25.6. The number of hydrogen-bond acceptors (Lipinski definition) is 6. The molecule has 8 nitrogen and oxygen atoms in total. The number of carboxylic acids is 1. The van der Waals surface area contributed by atoms with Gasteiger partial charge in [-0.3, -0.25) is 9.59 Å². The quantitative estimate of drug-likeness (QED) is 0.0292. The number of rotatable bonds is 37. The van der Waals surface area contributed by atoms with E-state index in [4.69, 9.17) is 14.2 Å². The summed E-state index contributed by atoms with van der Waals surface area (Å²) in [6.45, 7) is 4.58. The minimum absolute atomic E-state index is 0.0502. The van der Waals surface area contributed by atoms with Crippen LogP contribution in [0.15, 0.2) is 48.6 Å². The van der Waals surface area contributed by atoms with E-state index < -0.39 is 18.1 Å². The lowest BCUT2D eigenvalue weighted by Gasteiger charge is -2.31. The van der Waals surface area contributed by atoms with Crippen molar-refractivity contribution in [1.29, 1.82) is 0 Å². The Kier molecular flexibility index (Phi) is 34.4. The fourth-order valence-corrected chi connectivity index (χ4v) is 5.92. The van der Waals surface area contributed by atoms with Crippen molar-refractivity contribution in [2.45, 2.75) is 180 Å². The number of unbranched alkanes of at least 4 members (excludes halogenated alkanes) is 15. The van der Waals surface area contributed by atoms with E-state index in [1.165, 1.54) is 51.4 Å². The first kappa shape index (κ1) is 50.3. The molecule has 0 radical (unpaired) electrons. The van der Waals surface area contributed by atoms with E-state index >= 15 is 0 Å². The molecule has 2 atom stereocenters. The van der Waals surface area contributed by atoms with Gasteiger partial charge in [-0.2, -0.15) is 0 Å².